The third-order valence-electron chi connectivity index (χ3n) is 1.76. The lowest BCUT2D eigenvalue weighted by atomic mass is 10.1. The van der Waals surface area contributed by atoms with Gasteiger partial charge in [-0.1, -0.05) is 11.6 Å². The van der Waals surface area contributed by atoms with E-state index >= 15 is 0 Å². The van der Waals surface area contributed by atoms with Crippen LogP contribution in [0.25, 0.3) is 0 Å². The molecular weight excluding hydrogens is 209 g/mol. The highest BCUT2D eigenvalue weighted by Crippen LogP contribution is 2.18. The van der Waals surface area contributed by atoms with Crippen molar-refractivity contribution in [2.45, 2.75) is 12.5 Å². The van der Waals surface area contributed by atoms with E-state index in [1.54, 1.807) is 0 Å². The molecular formula is C9H9ClFNO2. The van der Waals surface area contributed by atoms with Crippen LogP contribution in [0.5, 0.6) is 0 Å². The van der Waals surface area contributed by atoms with Crippen molar-refractivity contribution in [3.63, 3.8) is 0 Å². The van der Waals surface area contributed by atoms with Crippen molar-refractivity contribution in [2.24, 2.45) is 5.73 Å². The molecule has 76 valence electrons. The highest BCUT2D eigenvalue weighted by Gasteiger charge is 2.14. The van der Waals surface area contributed by atoms with E-state index in [2.05, 4.69) is 0 Å². The van der Waals surface area contributed by atoms with Crippen LogP contribution in [0.4, 0.5) is 4.39 Å². The molecule has 0 aromatic heterocycles. The molecule has 0 saturated carbocycles. The minimum absolute atomic E-state index is 0.0198. The highest BCUT2D eigenvalue weighted by atomic mass is 35.5. The summed E-state index contributed by atoms with van der Waals surface area (Å²) in [5, 5.41) is 8.86. The van der Waals surface area contributed by atoms with Gasteiger partial charge in [-0.25, -0.2) is 4.39 Å². The largest absolute Gasteiger partial charge is 0.480 e. The van der Waals surface area contributed by atoms with E-state index in [0.29, 0.717) is 10.6 Å². The first kappa shape index (κ1) is 10.9. The van der Waals surface area contributed by atoms with Gasteiger partial charge in [0.05, 0.1) is 0 Å². The van der Waals surface area contributed by atoms with Crippen LogP contribution in [0.2, 0.25) is 5.02 Å². The van der Waals surface area contributed by atoms with Gasteiger partial charge in [-0.2, -0.15) is 0 Å². The molecule has 0 amide bonds. The lowest BCUT2D eigenvalue weighted by Gasteiger charge is -2.07. The van der Waals surface area contributed by atoms with Crippen molar-refractivity contribution >= 4 is 17.6 Å². The van der Waals surface area contributed by atoms with Crippen molar-refractivity contribution in [2.75, 3.05) is 0 Å². The number of carbonyl (C=O) groups is 1. The lowest BCUT2D eigenvalue weighted by molar-refractivity contribution is -0.138. The Kier molecular flexibility index (Phi) is 3.43. The Labute approximate surface area is 85.3 Å². The van der Waals surface area contributed by atoms with E-state index in [1.165, 1.54) is 18.2 Å². The normalized spacial score (nSPS) is 12.5. The molecule has 0 heterocycles. The van der Waals surface area contributed by atoms with Gasteiger partial charge < -0.3 is 10.8 Å². The number of aliphatic carboxylic acids is 1. The van der Waals surface area contributed by atoms with Gasteiger partial charge in [0.25, 0.3) is 0 Å². The Morgan fingerprint density at radius 1 is 1.64 bits per heavy atom. The summed E-state index contributed by atoms with van der Waals surface area (Å²) in [6.07, 6.45) is 0.0198. The molecule has 1 aromatic rings. The fourth-order valence-corrected chi connectivity index (χ4v) is 1.22. The summed E-state index contributed by atoms with van der Waals surface area (Å²) in [7, 11) is 0. The summed E-state index contributed by atoms with van der Waals surface area (Å²) < 4.78 is 12.8. The van der Waals surface area contributed by atoms with Crippen LogP contribution >= 0.6 is 11.6 Å². The maximum absolute atomic E-state index is 12.8. The fourth-order valence-electron chi connectivity index (χ4n) is 1.02. The molecule has 5 heteroatoms. The Morgan fingerprint density at radius 2 is 2.29 bits per heavy atom. The van der Waals surface area contributed by atoms with Gasteiger partial charge in [0, 0.05) is 5.02 Å². The first-order valence-electron chi connectivity index (χ1n) is 3.93. The SMILES string of the molecule is N[C@@H](Cc1cc(F)ccc1Cl)C(=O)O. The number of hydrogen-bond donors (Lipinski definition) is 2. The summed E-state index contributed by atoms with van der Waals surface area (Å²) in [6.45, 7) is 0. The van der Waals surface area contributed by atoms with Crippen molar-refractivity contribution in [1.82, 2.24) is 0 Å². The number of carboxylic acid groups (broad SMARTS) is 1. The summed E-state index contributed by atoms with van der Waals surface area (Å²) in [4.78, 5) is 10.4. The van der Waals surface area contributed by atoms with E-state index in [4.69, 9.17) is 22.4 Å². The van der Waals surface area contributed by atoms with E-state index in [-0.39, 0.29) is 6.42 Å². The molecule has 3 nitrogen and oxygen atoms in total. The first-order chi connectivity index (χ1) is 6.50. The molecule has 0 saturated heterocycles. The first-order valence-corrected chi connectivity index (χ1v) is 4.31. The van der Waals surface area contributed by atoms with Gasteiger partial charge in [-0.15, -0.1) is 0 Å². The van der Waals surface area contributed by atoms with E-state index in [9.17, 15) is 9.18 Å². The van der Waals surface area contributed by atoms with Gasteiger partial charge in [-0.3, -0.25) is 4.79 Å². The van der Waals surface area contributed by atoms with E-state index in [0.717, 1.165) is 0 Å². The van der Waals surface area contributed by atoms with Gasteiger partial charge in [0.1, 0.15) is 11.9 Å². The lowest BCUT2D eigenvalue weighted by Crippen LogP contribution is -2.32. The predicted molar refractivity (Wildman–Crippen MR) is 50.7 cm³/mol. The van der Waals surface area contributed by atoms with Crippen LogP contribution in [0, 0.1) is 5.82 Å². The van der Waals surface area contributed by atoms with Crippen molar-refractivity contribution < 1.29 is 14.3 Å². The quantitative estimate of drug-likeness (QED) is 0.805. The topological polar surface area (TPSA) is 63.3 Å². The second-order valence-corrected chi connectivity index (χ2v) is 3.29. The van der Waals surface area contributed by atoms with Gasteiger partial charge in [0.15, 0.2) is 0 Å². The van der Waals surface area contributed by atoms with Crippen LogP contribution in [-0.2, 0) is 11.2 Å². The van der Waals surface area contributed by atoms with Gasteiger partial charge >= 0.3 is 5.97 Å². The monoisotopic (exact) mass is 217 g/mol. The summed E-state index contributed by atoms with van der Waals surface area (Å²) in [6, 6.07) is 2.71. The fraction of sp³-hybridized carbons (Fsp3) is 0.222. The van der Waals surface area contributed by atoms with Crippen LogP contribution in [-0.4, -0.2) is 17.1 Å². The second-order valence-electron chi connectivity index (χ2n) is 2.88. The molecule has 0 fully saturated rings. The number of halogens is 2. The number of nitrogens with two attached hydrogens (primary N) is 1. The Bertz CT molecular complexity index is 357. The van der Waals surface area contributed by atoms with E-state index in [1.807, 2.05) is 0 Å². The Morgan fingerprint density at radius 3 is 2.86 bits per heavy atom. The highest BCUT2D eigenvalue weighted by molar-refractivity contribution is 6.31. The van der Waals surface area contributed by atoms with Crippen LogP contribution in [0.3, 0.4) is 0 Å². The predicted octanol–water partition coefficient (Wildman–Crippen LogP) is 1.43. The van der Waals surface area contributed by atoms with Crippen molar-refractivity contribution in [1.29, 1.82) is 0 Å². The molecule has 0 aliphatic heterocycles. The molecule has 0 bridgehead atoms. The minimum atomic E-state index is -1.13. The summed E-state index contributed by atoms with van der Waals surface area (Å²) in [5.74, 6) is -1.59. The van der Waals surface area contributed by atoms with Crippen LogP contribution in [0.15, 0.2) is 18.2 Å². The van der Waals surface area contributed by atoms with E-state index < -0.39 is 17.8 Å². The maximum atomic E-state index is 12.8. The molecule has 0 spiro atoms. The summed E-state index contributed by atoms with van der Waals surface area (Å²) in [5.41, 5.74) is 5.69. The Hall–Kier alpha value is -1.13. The average molecular weight is 218 g/mol. The average Bonchev–Trinajstić information content (AvgIpc) is 2.11. The van der Waals surface area contributed by atoms with Crippen LogP contribution in [0.1, 0.15) is 5.56 Å². The smallest absolute Gasteiger partial charge is 0.320 e. The van der Waals surface area contributed by atoms with Crippen LogP contribution < -0.4 is 5.73 Å². The molecule has 1 atom stereocenters. The van der Waals surface area contributed by atoms with Crippen molar-refractivity contribution in [3.8, 4) is 0 Å². The third-order valence-corrected chi connectivity index (χ3v) is 2.13. The Balaban J connectivity index is 2.85. The standard InChI is InChI=1S/C9H9ClFNO2/c10-7-2-1-6(11)3-5(7)4-8(12)9(13)14/h1-3,8H,4,12H2,(H,13,14)/t8-/m0/s1. The summed E-state index contributed by atoms with van der Waals surface area (Å²) >= 11 is 5.73. The molecule has 1 aromatic carbocycles. The zero-order chi connectivity index (χ0) is 10.7. The molecule has 0 aliphatic carbocycles. The van der Waals surface area contributed by atoms with Crippen molar-refractivity contribution in [3.05, 3.63) is 34.6 Å². The minimum Gasteiger partial charge on any atom is -0.480 e. The zero-order valence-electron chi connectivity index (χ0n) is 7.21. The number of hydrogen-bond acceptors (Lipinski definition) is 2. The molecule has 1 rings (SSSR count). The molecule has 3 N–H and O–H groups in total. The van der Waals surface area contributed by atoms with Gasteiger partial charge in [0.2, 0.25) is 0 Å². The molecule has 0 unspecified atom stereocenters. The molecule has 0 radical (unpaired) electrons. The molecule has 14 heavy (non-hydrogen) atoms. The molecule has 0 aliphatic rings. The number of carboxylic acids is 1. The van der Waals surface area contributed by atoms with Gasteiger partial charge in [-0.05, 0) is 30.2 Å². The zero-order valence-corrected chi connectivity index (χ0v) is 7.96. The maximum Gasteiger partial charge on any atom is 0.320 e. The number of rotatable bonds is 3. The third kappa shape index (κ3) is 2.68. The second kappa shape index (κ2) is 4.39. The number of benzene rings is 1.